The van der Waals surface area contributed by atoms with Gasteiger partial charge in [0, 0.05) is 24.0 Å². The van der Waals surface area contributed by atoms with Crippen molar-refractivity contribution in [1.82, 2.24) is 14.8 Å². The molecule has 0 saturated heterocycles. The van der Waals surface area contributed by atoms with Gasteiger partial charge in [0.15, 0.2) is 0 Å². The Kier molecular flexibility index (Phi) is 3.81. The van der Waals surface area contributed by atoms with Gasteiger partial charge in [-0.15, -0.1) is 11.3 Å². The summed E-state index contributed by atoms with van der Waals surface area (Å²) in [6, 6.07) is -0.157. The minimum Gasteiger partial charge on any atom is -0.322 e. The van der Waals surface area contributed by atoms with Gasteiger partial charge in [0.25, 0.3) is 0 Å². The zero-order valence-electron chi connectivity index (χ0n) is 9.85. The van der Waals surface area contributed by atoms with Gasteiger partial charge in [-0.05, 0) is 13.8 Å². The molecule has 0 fully saturated rings. The second-order valence-corrected chi connectivity index (χ2v) is 5.24. The quantitative estimate of drug-likeness (QED) is 0.929. The maximum atomic E-state index is 6.18. The Labute approximate surface area is 109 Å². The predicted octanol–water partition coefficient (Wildman–Crippen LogP) is 2.56. The zero-order valence-corrected chi connectivity index (χ0v) is 11.4. The molecule has 2 heterocycles. The lowest BCUT2D eigenvalue weighted by molar-refractivity contribution is 0.568. The van der Waals surface area contributed by atoms with Crippen LogP contribution in [-0.4, -0.2) is 14.8 Å². The summed E-state index contributed by atoms with van der Waals surface area (Å²) in [5.74, 6) is 0. The van der Waals surface area contributed by atoms with E-state index in [0.717, 1.165) is 22.9 Å². The minimum absolute atomic E-state index is 0.157. The number of aromatic nitrogens is 3. The second-order valence-electron chi connectivity index (χ2n) is 3.89. The van der Waals surface area contributed by atoms with Crippen LogP contribution in [0.4, 0.5) is 0 Å². The van der Waals surface area contributed by atoms with E-state index in [1.807, 2.05) is 23.9 Å². The van der Waals surface area contributed by atoms with Crippen molar-refractivity contribution in [2.45, 2.75) is 32.9 Å². The summed E-state index contributed by atoms with van der Waals surface area (Å²) in [6.07, 6.45) is 2.34. The molecule has 0 amide bonds. The summed E-state index contributed by atoms with van der Waals surface area (Å²) >= 11 is 7.74. The van der Waals surface area contributed by atoms with Gasteiger partial charge >= 0.3 is 0 Å². The Morgan fingerprint density at radius 3 is 2.94 bits per heavy atom. The molecule has 6 heteroatoms. The summed E-state index contributed by atoms with van der Waals surface area (Å²) < 4.78 is 1.84. The van der Waals surface area contributed by atoms with Crippen molar-refractivity contribution in [3.8, 4) is 0 Å². The van der Waals surface area contributed by atoms with Crippen molar-refractivity contribution in [2.75, 3.05) is 0 Å². The number of aryl methyl sites for hydroxylation is 2. The van der Waals surface area contributed by atoms with E-state index in [1.165, 1.54) is 0 Å². The van der Waals surface area contributed by atoms with E-state index in [1.54, 1.807) is 17.5 Å². The van der Waals surface area contributed by atoms with Crippen molar-refractivity contribution < 1.29 is 0 Å². The van der Waals surface area contributed by atoms with Crippen LogP contribution in [-0.2, 0) is 13.0 Å². The average Bonchev–Trinajstić information content (AvgIpc) is 2.84. The first-order valence-electron chi connectivity index (χ1n) is 5.49. The highest BCUT2D eigenvalue weighted by Crippen LogP contribution is 2.25. The Morgan fingerprint density at radius 2 is 2.35 bits per heavy atom. The van der Waals surface area contributed by atoms with Crippen LogP contribution in [0.2, 0.25) is 5.02 Å². The molecule has 0 aliphatic heterocycles. The molecule has 17 heavy (non-hydrogen) atoms. The Hall–Kier alpha value is -0.910. The van der Waals surface area contributed by atoms with Gasteiger partial charge in [0.2, 0.25) is 0 Å². The third-order valence-corrected chi connectivity index (χ3v) is 3.83. The lowest BCUT2D eigenvalue weighted by atomic mass is 10.1. The third kappa shape index (κ3) is 2.68. The molecule has 2 N–H and O–H groups in total. The third-order valence-electron chi connectivity index (χ3n) is 2.55. The number of thiazole rings is 1. The molecule has 0 aliphatic carbocycles. The van der Waals surface area contributed by atoms with Crippen LogP contribution in [0.25, 0.3) is 0 Å². The molecule has 0 aromatic carbocycles. The molecule has 2 aromatic rings. The van der Waals surface area contributed by atoms with Gasteiger partial charge < -0.3 is 5.73 Å². The van der Waals surface area contributed by atoms with Crippen LogP contribution in [0.15, 0.2) is 11.6 Å². The van der Waals surface area contributed by atoms with Gasteiger partial charge in [-0.25, -0.2) is 4.98 Å². The number of halogens is 1. The number of rotatable bonds is 4. The molecule has 4 nitrogen and oxygen atoms in total. The van der Waals surface area contributed by atoms with Gasteiger partial charge in [-0.3, -0.25) is 4.68 Å². The van der Waals surface area contributed by atoms with Gasteiger partial charge in [0.1, 0.15) is 0 Å². The molecule has 0 saturated carbocycles. The minimum atomic E-state index is -0.157. The average molecular weight is 271 g/mol. The molecule has 2 aromatic heterocycles. The number of hydrogen-bond acceptors (Lipinski definition) is 4. The molecular weight excluding hydrogens is 256 g/mol. The summed E-state index contributed by atoms with van der Waals surface area (Å²) in [5, 5.41) is 7.89. The van der Waals surface area contributed by atoms with Gasteiger partial charge in [-0.1, -0.05) is 11.6 Å². The molecule has 2 rings (SSSR count). The van der Waals surface area contributed by atoms with E-state index in [-0.39, 0.29) is 6.04 Å². The van der Waals surface area contributed by atoms with E-state index in [2.05, 4.69) is 10.1 Å². The largest absolute Gasteiger partial charge is 0.322 e. The number of nitrogens with two attached hydrogens (primary N) is 1. The fourth-order valence-corrected chi connectivity index (χ4v) is 2.89. The molecule has 0 bridgehead atoms. The molecule has 1 unspecified atom stereocenters. The fourth-order valence-electron chi connectivity index (χ4n) is 1.77. The van der Waals surface area contributed by atoms with Gasteiger partial charge in [0.05, 0.1) is 28.0 Å². The predicted molar refractivity (Wildman–Crippen MR) is 70.4 cm³/mol. The molecule has 92 valence electrons. The molecular formula is C11H15ClN4S. The summed E-state index contributed by atoms with van der Waals surface area (Å²) in [7, 11) is 0. The van der Waals surface area contributed by atoms with Crippen molar-refractivity contribution in [3.63, 3.8) is 0 Å². The Bertz CT molecular complexity index is 505. The van der Waals surface area contributed by atoms with E-state index in [0.29, 0.717) is 11.4 Å². The SMILES string of the molecule is CCn1ncc(Cl)c1C(N)Cc1nc(C)cs1. The van der Waals surface area contributed by atoms with Crippen molar-refractivity contribution in [3.05, 3.63) is 33.0 Å². The van der Waals surface area contributed by atoms with E-state index in [9.17, 15) is 0 Å². The second kappa shape index (κ2) is 5.16. The smallest absolute Gasteiger partial charge is 0.0947 e. The van der Waals surface area contributed by atoms with Crippen molar-refractivity contribution >= 4 is 22.9 Å². The summed E-state index contributed by atoms with van der Waals surface area (Å²) in [6.45, 7) is 4.77. The van der Waals surface area contributed by atoms with Crippen LogP contribution in [0, 0.1) is 6.92 Å². The van der Waals surface area contributed by atoms with Crippen LogP contribution in [0.1, 0.15) is 29.4 Å². The molecule has 0 radical (unpaired) electrons. The van der Waals surface area contributed by atoms with Crippen LogP contribution in [0.5, 0.6) is 0 Å². The highest BCUT2D eigenvalue weighted by Gasteiger charge is 2.17. The molecule has 1 atom stereocenters. The first-order chi connectivity index (χ1) is 8.11. The lowest BCUT2D eigenvalue weighted by Gasteiger charge is -2.12. The van der Waals surface area contributed by atoms with Crippen LogP contribution in [0.3, 0.4) is 0 Å². The highest BCUT2D eigenvalue weighted by molar-refractivity contribution is 7.09. The van der Waals surface area contributed by atoms with E-state index < -0.39 is 0 Å². The van der Waals surface area contributed by atoms with Crippen molar-refractivity contribution in [2.24, 2.45) is 5.73 Å². The maximum absolute atomic E-state index is 6.18. The van der Waals surface area contributed by atoms with Crippen LogP contribution < -0.4 is 5.73 Å². The fraction of sp³-hybridized carbons (Fsp3) is 0.455. The maximum Gasteiger partial charge on any atom is 0.0947 e. The Balaban J connectivity index is 2.19. The molecule has 0 aliphatic rings. The normalized spacial score (nSPS) is 12.9. The summed E-state index contributed by atoms with van der Waals surface area (Å²) in [5.41, 5.74) is 8.10. The first-order valence-corrected chi connectivity index (χ1v) is 6.75. The first kappa shape index (κ1) is 12.5. The lowest BCUT2D eigenvalue weighted by Crippen LogP contribution is -2.18. The van der Waals surface area contributed by atoms with Crippen LogP contribution >= 0.6 is 22.9 Å². The topological polar surface area (TPSA) is 56.7 Å². The Morgan fingerprint density at radius 1 is 1.59 bits per heavy atom. The standard InChI is InChI=1S/C11H15ClN4S/c1-3-16-11(8(12)5-14-16)9(13)4-10-15-7(2)6-17-10/h5-6,9H,3-4,13H2,1-2H3. The van der Waals surface area contributed by atoms with E-state index in [4.69, 9.17) is 17.3 Å². The monoisotopic (exact) mass is 270 g/mol. The van der Waals surface area contributed by atoms with Crippen molar-refractivity contribution in [1.29, 1.82) is 0 Å². The summed E-state index contributed by atoms with van der Waals surface area (Å²) in [4.78, 5) is 4.41. The molecule has 0 spiro atoms. The number of nitrogens with zero attached hydrogens (tertiary/aromatic N) is 3. The van der Waals surface area contributed by atoms with Gasteiger partial charge in [-0.2, -0.15) is 5.10 Å². The highest BCUT2D eigenvalue weighted by atomic mass is 35.5. The zero-order chi connectivity index (χ0) is 12.4. The number of hydrogen-bond donors (Lipinski definition) is 1. The van der Waals surface area contributed by atoms with E-state index >= 15 is 0 Å².